The lowest BCUT2D eigenvalue weighted by molar-refractivity contribution is -0.111. The molecule has 0 spiro atoms. The highest BCUT2D eigenvalue weighted by Gasteiger charge is 2.36. The first kappa shape index (κ1) is 16.8. The van der Waals surface area contributed by atoms with Crippen LogP contribution >= 0.6 is 0 Å². The van der Waals surface area contributed by atoms with Crippen molar-refractivity contribution in [2.45, 2.75) is 19.3 Å². The Balaban J connectivity index is 1.68. The van der Waals surface area contributed by atoms with E-state index in [4.69, 9.17) is 14.9 Å². The van der Waals surface area contributed by atoms with Gasteiger partial charge in [0.15, 0.2) is 0 Å². The van der Waals surface area contributed by atoms with Gasteiger partial charge >= 0.3 is 0 Å². The zero-order valence-electron chi connectivity index (χ0n) is 14.1. The van der Waals surface area contributed by atoms with E-state index in [1.807, 2.05) is 12.1 Å². The maximum atomic E-state index is 12.1. The number of nitrogens with two attached hydrogens (primary N) is 1. The van der Waals surface area contributed by atoms with Crippen LogP contribution in [0.25, 0.3) is 6.08 Å². The molecule has 1 saturated carbocycles. The van der Waals surface area contributed by atoms with Crippen LogP contribution in [0.5, 0.6) is 5.75 Å². The summed E-state index contributed by atoms with van der Waals surface area (Å²) in [5, 5.41) is 2.68. The molecule has 0 aliphatic heterocycles. The second kappa shape index (κ2) is 6.84. The van der Waals surface area contributed by atoms with Crippen molar-refractivity contribution in [1.82, 2.24) is 0 Å². The third-order valence-electron chi connectivity index (χ3n) is 4.26. The normalized spacial score (nSPS) is 19.0. The summed E-state index contributed by atoms with van der Waals surface area (Å²) in [5.74, 6) is 2.25. The number of primary amides is 1. The van der Waals surface area contributed by atoms with Gasteiger partial charge in [0.05, 0.1) is 12.8 Å². The zero-order chi connectivity index (χ0) is 18.0. The molecule has 1 aliphatic carbocycles. The monoisotopic (exact) mass is 340 g/mol. The predicted octanol–water partition coefficient (Wildman–Crippen LogP) is 3.16. The minimum Gasteiger partial charge on any atom is -0.495 e. The largest absolute Gasteiger partial charge is 0.495 e. The summed E-state index contributed by atoms with van der Waals surface area (Å²) in [4.78, 5) is 23.4. The molecule has 1 aromatic heterocycles. The molecule has 1 fully saturated rings. The number of anilines is 1. The van der Waals surface area contributed by atoms with Crippen LogP contribution in [0, 0.1) is 5.92 Å². The highest BCUT2D eigenvalue weighted by atomic mass is 16.5. The second-order valence-corrected chi connectivity index (χ2v) is 6.16. The van der Waals surface area contributed by atoms with Gasteiger partial charge in [-0.25, -0.2) is 0 Å². The highest BCUT2D eigenvalue weighted by Crippen LogP contribution is 2.47. The quantitative estimate of drug-likeness (QED) is 0.790. The van der Waals surface area contributed by atoms with E-state index < -0.39 is 5.91 Å². The fraction of sp³-hybridized carbons (Fsp3) is 0.263. The molecule has 6 nitrogen and oxygen atoms in total. The van der Waals surface area contributed by atoms with Crippen LogP contribution in [-0.2, 0) is 4.79 Å². The summed E-state index contributed by atoms with van der Waals surface area (Å²) in [6.45, 7) is 2.18. The van der Waals surface area contributed by atoms with Crippen molar-refractivity contribution in [2.24, 2.45) is 11.7 Å². The van der Waals surface area contributed by atoms with Gasteiger partial charge < -0.3 is 20.2 Å². The second-order valence-electron chi connectivity index (χ2n) is 6.16. The van der Waals surface area contributed by atoms with Gasteiger partial charge in [-0.2, -0.15) is 0 Å². The Hall–Kier alpha value is -3.02. The van der Waals surface area contributed by atoms with Crippen molar-refractivity contribution in [3.05, 3.63) is 53.5 Å². The fourth-order valence-corrected chi connectivity index (χ4v) is 2.67. The summed E-state index contributed by atoms with van der Waals surface area (Å²) in [6.07, 6.45) is 4.12. The molecule has 1 aromatic carbocycles. The van der Waals surface area contributed by atoms with Crippen LogP contribution in [0.1, 0.15) is 41.1 Å². The summed E-state index contributed by atoms with van der Waals surface area (Å²) in [5.41, 5.74) is 5.92. The third kappa shape index (κ3) is 3.91. The van der Waals surface area contributed by atoms with E-state index >= 15 is 0 Å². The number of furan rings is 1. The smallest absolute Gasteiger partial charge is 0.248 e. The average molecular weight is 340 g/mol. The Morgan fingerprint density at radius 1 is 1.32 bits per heavy atom. The molecule has 2 amide bonds. The minimum absolute atomic E-state index is 0.286. The lowest BCUT2D eigenvalue weighted by Gasteiger charge is -2.09. The van der Waals surface area contributed by atoms with Crippen molar-refractivity contribution in [3.63, 3.8) is 0 Å². The van der Waals surface area contributed by atoms with Crippen LogP contribution in [0.15, 0.2) is 40.8 Å². The lowest BCUT2D eigenvalue weighted by Crippen LogP contribution is -2.13. The molecule has 2 aromatic rings. The number of amides is 2. The van der Waals surface area contributed by atoms with Crippen molar-refractivity contribution in [1.29, 1.82) is 0 Å². The molecular formula is C19H20N2O4. The Morgan fingerprint density at radius 2 is 2.08 bits per heavy atom. The van der Waals surface area contributed by atoms with Crippen LogP contribution in [0.3, 0.4) is 0 Å². The number of carbonyl (C=O) groups excluding carboxylic acids is 2. The highest BCUT2D eigenvalue weighted by molar-refractivity contribution is 6.03. The molecule has 1 aliphatic rings. The van der Waals surface area contributed by atoms with Crippen molar-refractivity contribution >= 4 is 23.6 Å². The van der Waals surface area contributed by atoms with Gasteiger partial charge in [-0.05, 0) is 48.7 Å². The van der Waals surface area contributed by atoms with E-state index in [1.165, 1.54) is 25.3 Å². The maximum absolute atomic E-state index is 12.1. The first-order chi connectivity index (χ1) is 12.0. The number of nitrogens with one attached hydrogen (secondary N) is 1. The van der Waals surface area contributed by atoms with E-state index in [-0.39, 0.29) is 11.5 Å². The molecule has 2 atom stereocenters. The van der Waals surface area contributed by atoms with Crippen LogP contribution < -0.4 is 15.8 Å². The summed E-state index contributed by atoms with van der Waals surface area (Å²) >= 11 is 0. The molecule has 25 heavy (non-hydrogen) atoms. The number of hydrogen-bond acceptors (Lipinski definition) is 4. The summed E-state index contributed by atoms with van der Waals surface area (Å²) in [6, 6.07) is 8.39. The van der Waals surface area contributed by atoms with E-state index in [0.29, 0.717) is 29.0 Å². The van der Waals surface area contributed by atoms with Crippen LogP contribution in [0.4, 0.5) is 5.69 Å². The number of methoxy groups -OCH3 is 1. The minimum atomic E-state index is -0.578. The first-order valence-electron chi connectivity index (χ1n) is 8.04. The number of rotatable bonds is 6. The van der Waals surface area contributed by atoms with Gasteiger partial charge in [-0.3, -0.25) is 9.59 Å². The zero-order valence-corrected chi connectivity index (χ0v) is 14.1. The fourth-order valence-electron chi connectivity index (χ4n) is 2.67. The molecule has 3 N–H and O–H groups in total. The molecule has 130 valence electrons. The van der Waals surface area contributed by atoms with Crippen molar-refractivity contribution < 1.29 is 18.7 Å². The predicted molar refractivity (Wildman–Crippen MR) is 94.4 cm³/mol. The molecule has 2 unspecified atom stereocenters. The molecule has 6 heteroatoms. The molecule has 3 rings (SSSR count). The van der Waals surface area contributed by atoms with Crippen molar-refractivity contribution in [2.75, 3.05) is 12.4 Å². The molecule has 0 bridgehead atoms. The maximum Gasteiger partial charge on any atom is 0.248 e. The van der Waals surface area contributed by atoms with Crippen LogP contribution in [-0.4, -0.2) is 18.9 Å². The standard InChI is InChI=1S/C19H20N2O4/c1-11-9-14(11)16-7-4-13(25-16)5-8-18(22)21-15-10-12(19(20)23)3-6-17(15)24-2/h3-8,10-11,14H,9H2,1-2H3,(H2,20,23)(H,21,22). The number of hydrogen-bond donors (Lipinski definition) is 2. The van der Waals surface area contributed by atoms with Gasteiger partial charge in [-0.15, -0.1) is 0 Å². The first-order valence-corrected chi connectivity index (χ1v) is 8.04. The number of carbonyl (C=O) groups is 2. The van der Waals surface area contributed by atoms with E-state index in [9.17, 15) is 9.59 Å². The average Bonchev–Trinajstić information content (AvgIpc) is 3.13. The lowest BCUT2D eigenvalue weighted by atomic mass is 10.1. The third-order valence-corrected chi connectivity index (χ3v) is 4.26. The van der Waals surface area contributed by atoms with Gasteiger partial charge in [0, 0.05) is 17.6 Å². The number of benzene rings is 1. The Bertz CT molecular complexity index is 838. The molecular weight excluding hydrogens is 320 g/mol. The van der Waals surface area contributed by atoms with E-state index in [2.05, 4.69) is 12.2 Å². The van der Waals surface area contributed by atoms with Crippen LogP contribution in [0.2, 0.25) is 0 Å². The summed E-state index contributed by atoms with van der Waals surface area (Å²) < 4.78 is 10.9. The Kier molecular flexibility index (Phi) is 4.61. The van der Waals surface area contributed by atoms with Gasteiger partial charge in [0.2, 0.25) is 11.8 Å². The van der Waals surface area contributed by atoms with E-state index in [0.717, 1.165) is 12.2 Å². The number of ether oxygens (including phenoxy) is 1. The Labute approximate surface area is 145 Å². The van der Waals surface area contributed by atoms with Gasteiger partial charge in [0.25, 0.3) is 0 Å². The SMILES string of the molecule is COc1ccc(C(N)=O)cc1NC(=O)C=Cc1ccc(C2CC2C)o1. The summed E-state index contributed by atoms with van der Waals surface area (Å²) in [7, 11) is 1.48. The molecule has 1 heterocycles. The molecule has 0 saturated heterocycles. The van der Waals surface area contributed by atoms with Gasteiger partial charge in [0.1, 0.15) is 17.3 Å². The van der Waals surface area contributed by atoms with Crippen molar-refractivity contribution in [3.8, 4) is 5.75 Å². The molecule has 0 radical (unpaired) electrons. The van der Waals surface area contributed by atoms with E-state index in [1.54, 1.807) is 12.1 Å². The van der Waals surface area contributed by atoms with Gasteiger partial charge in [-0.1, -0.05) is 6.92 Å². The Morgan fingerprint density at radius 3 is 2.72 bits per heavy atom. The topological polar surface area (TPSA) is 94.6 Å².